The molecule has 0 aliphatic heterocycles. The van der Waals surface area contributed by atoms with Gasteiger partial charge in [0.1, 0.15) is 11.2 Å². The molecule has 1 fully saturated rings. The normalized spacial score (nSPS) is 22.2. The van der Waals surface area contributed by atoms with Crippen LogP contribution in [-0.4, -0.2) is 30.1 Å². The second-order valence-corrected chi connectivity index (χ2v) is 3.49. The Hall–Kier alpha value is -0.900. The SMILES string of the molecule is CCC(OC)C1(C(=O)O)CC(=O)C1. The molecule has 1 unspecified atom stereocenters. The van der Waals surface area contributed by atoms with Crippen LogP contribution < -0.4 is 0 Å². The van der Waals surface area contributed by atoms with Crippen LogP contribution in [0.1, 0.15) is 26.2 Å². The number of hydrogen-bond donors (Lipinski definition) is 1. The number of methoxy groups -OCH3 is 1. The largest absolute Gasteiger partial charge is 0.481 e. The average molecular weight is 186 g/mol. The first-order valence-electron chi connectivity index (χ1n) is 4.34. The summed E-state index contributed by atoms with van der Waals surface area (Å²) >= 11 is 0. The molecule has 4 nitrogen and oxygen atoms in total. The minimum Gasteiger partial charge on any atom is -0.481 e. The number of carboxylic acids is 1. The zero-order valence-corrected chi connectivity index (χ0v) is 7.87. The van der Waals surface area contributed by atoms with Gasteiger partial charge in [0.15, 0.2) is 0 Å². The standard InChI is InChI=1S/C9H14O4/c1-3-7(13-2)9(8(11)12)4-6(10)5-9/h7H,3-5H2,1-2H3,(H,11,12). The van der Waals surface area contributed by atoms with Crippen LogP contribution >= 0.6 is 0 Å². The van der Waals surface area contributed by atoms with Crippen LogP contribution in [0.5, 0.6) is 0 Å². The summed E-state index contributed by atoms with van der Waals surface area (Å²) in [5.74, 6) is -0.904. The van der Waals surface area contributed by atoms with Gasteiger partial charge in [-0.25, -0.2) is 0 Å². The lowest BCUT2D eigenvalue weighted by molar-refractivity contribution is -0.173. The van der Waals surface area contributed by atoms with Gasteiger partial charge in [0.25, 0.3) is 0 Å². The van der Waals surface area contributed by atoms with Crippen molar-refractivity contribution in [1.29, 1.82) is 0 Å². The number of Topliss-reactive ketones (excluding diaryl/α,β-unsaturated/α-hetero) is 1. The molecule has 0 aromatic rings. The number of carbonyl (C=O) groups is 2. The van der Waals surface area contributed by atoms with Gasteiger partial charge in [0.2, 0.25) is 0 Å². The Labute approximate surface area is 76.9 Å². The quantitative estimate of drug-likeness (QED) is 0.706. The van der Waals surface area contributed by atoms with Crippen molar-refractivity contribution in [3.8, 4) is 0 Å². The predicted molar refractivity (Wildman–Crippen MR) is 45.4 cm³/mol. The van der Waals surface area contributed by atoms with Crippen molar-refractivity contribution in [1.82, 2.24) is 0 Å². The maximum Gasteiger partial charge on any atom is 0.313 e. The van der Waals surface area contributed by atoms with Gasteiger partial charge in [0, 0.05) is 20.0 Å². The van der Waals surface area contributed by atoms with E-state index in [2.05, 4.69) is 0 Å². The van der Waals surface area contributed by atoms with E-state index < -0.39 is 11.4 Å². The number of ketones is 1. The molecule has 0 spiro atoms. The number of ether oxygens (including phenoxy) is 1. The molecule has 1 N–H and O–H groups in total. The monoisotopic (exact) mass is 186 g/mol. The van der Waals surface area contributed by atoms with E-state index >= 15 is 0 Å². The molecule has 1 rings (SSSR count). The van der Waals surface area contributed by atoms with Crippen molar-refractivity contribution in [2.24, 2.45) is 5.41 Å². The molecule has 0 aromatic carbocycles. The minimum absolute atomic E-state index is 0.0119. The van der Waals surface area contributed by atoms with Crippen molar-refractivity contribution in [2.75, 3.05) is 7.11 Å². The number of aliphatic carboxylic acids is 1. The summed E-state index contributed by atoms with van der Waals surface area (Å²) in [5.41, 5.74) is -0.944. The molecule has 1 atom stereocenters. The number of carbonyl (C=O) groups excluding carboxylic acids is 1. The van der Waals surface area contributed by atoms with Crippen molar-refractivity contribution in [3.63, 3.8) is 0 Å². The topological polar surface area (TPSA) is 63.6 Å². The predicted octanol–water partition coefficient (Wildman–Crippen LogP) is 0.845. The highest BCUT2D eigenvalue weighted by molar-refractivity contribution is 5.97. The Balaban J connectivity index is 2.79. The molecule has 74 valence electrons. The van der Waals surface area contributed by atoms with Gasteiger partial charge in [-0.3, -0.25) is 9.59 Å². The van der Waals surface area contributed by atoms with Crippen molar-refractivity contribution >= 4 is 11.8 Å². The highest BCUT2D eigenvalue weighted by Gasteiger charge is 2.55. The highest BCUT2D eigenvalue weighted by atomic mass is 16.5. The second-order valence-electron chi connectivity index (χ2n) is 3.49. The van der Waals surface area contributed by atoms with Gasteiger partial charge >= 0.3 is 5.97 Å². The van der Waals surface area contributed by atoms with Gasteiger partial charge < -0.3 is 9.84 Å². The summed E-state index contributed by atoms with van der Waals surface area (Å²) in [4.78, 5) is 21.8. The fraction of sp³-hybridized carbons (Fsp3) is 0.778. The Morgan fingerprint density at radius 3 is 2.46 bits per heavy atom. The lowest BCUT2D eigenvalue weighted by Gasteiger charge is -2.41. The molecular formula is C9H14O4. The van der Waals surface area contributed by atoms with Crippen LogP contribution in [-0.2, 0) is 14.3 Å². The van der Waals surface area contributed by atoms with E-state index in [9.17, 15) is 9.59 Å². The minimum atomic E-state index is -0.944. The fourth-order valence-electron chi connectivity index (χ4n) is 1.95. The maximum absolute atomic E-state index is 11.0. The van der Waals surface area contributed by atoms with Crippen LogP contribution in [0.25, 0.3) is 0 Å². The number of rotatable bonds is 4. The summed E-state index contributed by atoms with van der Waals surface area (Å²) in [7, 11) is 1.49. The first kappa shape index (κ1) is 10.2. The number of carboxylic acid groups (broad SMARTS) is 1. The Bertz CT molecular complexity index is 222. The van der Waals surface area contributed by atoms with Crippen LogP contribution in [0.2, 0.25) is 0 Å². The van der Waals surface area contributed by atoms with Gasteiger partial charge in [-0.1, -0.05) is 6.92 Å². The maximum atomic E-state index is 11.0. The molecule has 0 amide bonds. The zero-order chi connectivity index (χ0) is 10.1. The Kier molecular flexibility index (Phi) is 2.71. The highest BCUT2D eigenvalue weighted by Crippen LogP contribution is 2.43. The third kappa shape index (κ3) is 1.46. The third-order valence-corrected chi connectivity index (χ3v) is 2.72. The Morgan fingerprint density at radius 1 is 1.69 bits per heavy atom. The first-order valence-corrected chi connectivity index (χ1v) is 4.34. The van der Waals surface area contributed by atoms with E-state index in [0.717, 1.165) is 0 Å². The molecule has 0 saturated heterocycles. The van der Waals surface area contributed by atoms with Crippen LogP contribution in [0.15, 0.2) is 0 Å². The fourth-order valence-corrected chi connectivity index (χ4v) is 1.95. The zero-order valence-electron chi connectivity index (χ0n) is 7.87. The first-order chi connectivity index (χ1) is 6.06. The molecule has 4 heteroatoms. The van der Waals surface area contributed by atoms with E-state index in [0.29, 0.717) is 6.42 Å². The Morgan fingerprint density at radius 2 is 2.23 bits per heavy atom. The third-order valence-electron chi connectivity index (χ3n) is 2.72. The smallest absolute Gasteiger partial charge is 0.313 e. The molecule has 0 aromatic heterocycles. The van der Waals surface area contributed by atoms with E-state index in [1.54, 1.807) is 0 Å². The second kappa shape index (κ2) is 3.46. The molecule has 1 aliphatic rings. The summed E-state index contributed by atoms with van der Waals surface area (Å²) in [5, 5.41) is 9.00. The van der Waals surface area contributed by atoms with Crippen LogP contribution in [0.3, 0.4) is 0 Å². The summed E-state index contributed by atoms with van der Waals surface area (Å²) in [6.07, 6.45) is 0.516. The van der Waals surface area contributed by atoms with Crippen molar-refractivity contribution in [3.05, 3.63) is 0 Å². The summed E-state index contributed by atoms with van der Waals surface area (Å²) < 4.78 is 5.08. The van der Waals surface area contributed by atoms with Crippen LogP contribution in [0.4, 0.5) is 0 Å². The van der Waals surface area contributed by atoms with Crippen LogP contribution in [0, 0.1) is 5.41 Å². The average Bonchev–Trinajstić information content (AvgIpc) is 2.02. The van der Waals surface area contributed by atoms with Crippen molar-refractivity contribution in [2.45, 2.75) is 32.3 Å². The van der Waals surface area contributed by atoms with E-state index in [1.807, 2.05) is 6.92 Å². The lowest BCUT2D eigenvalue weighted by Crippen LogP contribution is -2.53. The summed E-state index contributed by atoms with van der Waals surface area (Å²) in [6.45, 7) is 1.86. The van der Waals surface area contributed by atoms with E-state index in [1.165, 1.54) is 7.11 Å². The van der Waals surface area contributed by atoms with Gasteiger partial charge in [-0.05, 0) is 6.42 Å². The van der Waals surface area contributed by atoms with Gasteiger partial charge in [-0.15, -0.1) is 0 Å². The molecular weight excluding hydrogens is 172 g/mol. The van der Waals surface area contributed by atoms with Gasteiger partial charge in [-0.2, -0.15) is 0 Å². The van der Waals surface area contributed by atoms with Crippen molar-refractivity contribution < 1.29 is 19.4 Å². The number of hydrogen-bond acceptors (Lipinski definition) is 3. The molecule has 0 bridgehead atoms. The van der Waals surface area contributed by atoms with Gasteiger partial charge in [0.05, 0.1) is 6.10 Å². The summed E-state index contributed by atoms with van der Waals surface area (Å²) in [6, 6.07) is 0. The molecule has 1 aliphatic carbocycles. The molecule has 1 saturated carbocycles. The molecule has 0 heterocycles. The molecule has 0 radical (unpaired) electrons. The lowest BCUT2D eigenvalue weighted by atomic mass is 9.63. The molecule has 13 heavy (non-hydrogen) atoms. The van der Waals surface area contributed by atoms with E-state index in [4.69, 9.17) is 9.84 Å². The van der Waals surface area contributed by atoms with E-state index in [-0.39, 0.29) is 24.7 Å².